The quantitative estimate of drug-likeness (QED) is 0.337. The maximum absolute atomic E-state index is 14.8. The molecule has 11 heteroatoms. The molecule has 182 valence electrons. The fraction of sp³-hybridized carbons (Fsp3) is 0.217. The number of alkyl halides is 5. The molecule has 0 aliphatic rings. The Hall–Kier alpha value is -3.76. The highest BCUT2D eigenvalue weighted by molar-refractivity contribution is 5.78. The highest BCUT2D eigenvalue weighted by Crippen LogP contribution is 2.43. The van der Waals surface area contributed by atoms with Crippen LogP contribution in [-0.4, -0.2) is 27.7 Å². The van der Waals surface area contributed by atoms with Crippen molar-refractivity contribution < 1.29 is 50.0 Å². The van der Waals surface area contributed by atoms with Crippen LogP contribution in [0.25, 0.3) is 11.1 Å². The minimum Gasteiger partial charge on any atom is -0.496 e. The molecule has 0 unspecified atom stereocenters. The van der Waals surface area contributed by atoms with Gasteiger partial charge in [-0.3, -0.25) is 0 Å². The Morgan fingerprint density at radius 3 is 1.59 bits per heavy atom. The first-order valence-electron chi connectivity index (χ1n) is 9.50. The van der Waals surface area contributed by atoms with Crippen molar-refractivity contribution in [3.63, 3.8) is 0 Å². The first kappa shape index (κ1) is 24.9. The molecule has 3 rings (SSSR count). The molecule has 0 heterocycles. The van der Waals surface area contributed by atoms with Crippen LogP contribution in [0.5, 0.6) is 28.7 Å². The van der Waals surface area contributed by atoms with Crippen LogP contribution in [0.1, 0.15) is 5.56 Å². The van der Waals surface area contributed by atoms with E-state index in [4.69, 9.17) is 14.2 Å². The second kappa shape index (κ2) is 9.62. The molecule has 5 nitrogen and oxygen atoms in total. The largest absolute Gasteiger partial charge is 0.573 e. The molecular formula is C23H18F6O5. The maximum atomic E-state index is 14.8. The standard InChI is InChI=1S/C23H18F6O5/c1-30-16-11-19(31-2)21(20(12-16)32-3)13-4-9-17(18(24)10-13)22(25,26)33-14-5-7-15(8-6-14)34-23(27,28)29/h4-12H,1-3H3. The van der Waals surface area contributed by atoms with E-state index in [9.17, 15) is 26.3 Å². The van der Waals surface area contributed by atoms with Crippen molar-refractivity contribution in [1.29, 1.82) is 0 Å². The van der Waals surface area contributed by atoms with Crippen LogP contribution >= 0.6 is 0 Å². The monoisotopic (exact) mass is 488 g/mol. The fourth-order valence-electron chi connectivity index (χ4n) is 3.11. The molecule has 34 heavy (non-hydrogen) atoms. The normalized spacial score (nSPS) is 11.7. The summed E-state index contributed by atoms with van der Waals surface area (Å²) in [6, 6.07) is 9.22. The lowest BCUT2D eigenvalue weighted by molar-refractivity contribution is -0.274. The van der Waals surface area contributed by atoms with E-state index in [0.29, 0.717) is 11.3 Å². The van der Waals surface area contributed by atoms with Crippen LogP contribution in [-0.2, 0) is 6.11 Å². The lowest BCUT2D eigenvalue weighted by Gasteiger charge is -2.20. The number of methoxy groups -OCH3 is 3. The molecule has 0 radical (unpaired) electrons. The Morgan fingerprint density at radius 2 is 1.15 bits per heavy atom. The molecule has 0 aromatic heterocycles. The number of hydrogen-bond donors (Lipinski definition) is 0. The van der Waals surface area contributed by atoms with Gasteiger partial charge in [0.05, 0.1) is 32.5 Å². The van der Waals surface area contributed by atoms with Gasteiger partial charge < -0.3 is 23.7 Å². The van der Waals surface area contributed by atoms with E-state index in [1.54, 1.807) is 0 Å². The Labute approximate surface area is 190 Å². The summed E-state index contributed by atoms with van der Waals surface area (Å²) in [5.41, 5.74) is -0.596. The molecule has 3 aromatic rings. The van der Waals surface area contributed by atoms with Crippen LogP contribution in [0, 0.1) is 5.82 Å². The molecule has 0 spiro atoms. The molecule has 0 aliphatic heterocycles. The molecule has 0 amide bonds. The van der Waals surface area contributed by atoms with Gasteiger partial charge in [-0.2, -0.15) is 8.78 Å². The van der Waals surface area contributed by atoms with Crippen molar-refractivity contribution in [3.8, 4) is 39.9 Å². The Kier molecular flexibility index (Phi) is 7.04. The first-order valence-corrected chi connectivity index (χ1v) is 9.50. The van der Waals surface area contributed by atoms with Gasteiger partial charge in [0.1, 0.15) is 34.6 Å². The first-order chi connectivity index (χ1) is 16.0. The van der Waals surface area contributed by atoms with E-state index in [1.165, 1.54) is 39.5 Å². The summed E-state index contributed by atoms with van der Waals surface area (Å²) in [4.78, 5) is 0. The van der Waals surface area contributed by atoms with E-state index in [0.717, 1.165) is 36.4 Å². The molecule has 0 bridgehead atoms. The molecule has 0 saturated carbocycles. The number of ether oxygens (including phenoxy) is 5. The third-order valence-electron chi connectivity index (χ3n) is 4.59. The number of benzene rings is 3. The molecule has 0 aliphatic carbocycles. The molecule has 0 saturated heterocycles. The second-order valence-corrected chi connectivity index (χ2v) is 6.74. The predicted molar refractivity (Wildman–Crippen MR) is 109 cm³/mol. The summed E-state index contributed by atoms with van der Waals surface area (Å²) in [5, 5.41) is 0. The van der Waals surface area contributed by atoms with Gasteiger partial charge in [0, 0.05) is 12.1 Å². The van der Waals surface area contributed by atoms with Crippen molar-refractivity contribution in [2.75, 3.05) is 21.3 Å². The predicted octanol–water partition coefficient (Wildman–Crippen LogP) is 6.55. The van der Waals surface area contributed by atoms with Crippen molar-refractivity contribution in [3.05, 3.63) is 66.0 Å². The van der Waals surface area contributed by atoms with Crippen molar-refractivity contribution in [1.82, 2.24) is 0 Å². The van der Waals surface area contributed by atoms with Gasteiger partial charge in [0.25, 0.3) is 0 Å². The second-order valence-electron chi connectivity index (χ2n) is 6.74. The Bertz CT molecular complexity index is 1120. The zero-order valence-electron chi connectivity index (χ0n) is 18.0. The van der Waals surface area contributed by atoms with Gasteiger partial charge in [0.2, 0.25) is 0 Å². The molecule has 0 N–H and O–H groups in total. The van der Waals surface area contributed by atoms with E-state index < -0.39 is 35.4 Å². The van der Waals surface area contributed by atoms with Crippen LogP contribution < -0.4 is 23.7 Å². The number of rotatable bonds is 8. The van der Waals surface area contributed by atoms with E-state index in [-0.39, 0.29) is 17.1 Å². The number of hydrogen-bond acceptors (Lipinski definition) is 5. The van der Waals surface area contributed by atoms with E-state index in [2.05, 4.69) is 9.47 Å². The van der Waals surface area contributed by atoms with E-state index in [1.807, 2.05) is 0 Å². The maximum Gasteiger partial charge on any atom is 0.573 e. The average molecular weight is 488 g/mol. The lowest BCUT2D eigenvalue weighted by Crippen LogP contribution is -2.23. The van der Waals surface area contributed by atoms with Crippen LogP contribution in [0.15, 0.2) is 54.6 Å². The van der Waals surface area contributed by atoms with Gasteiger partial charge >= 0.3 is 12.5 Å². The minimum absolute atomic E-state index is 0.182. The zero-order chi connectivity index (χ0) is 25.1. The third kappa shape index (κ3) is 5.59. The van der Waals surface area contributed by atoms with E-state index >= 15 is 0 Å². The third-order valence-corrected chi connectivity index (χ3v) is 4.59. The fourth-order valence-corrected chi connectivity index (χ4v) is 3.11. The van der Waals surface area contributed by atoms with Gasteiger partial charge in [-0.1, -0.05) is 6.07 Å². The van der Waals surface area contributed by atoms with Crippen molar-refractivity contribution in [2.24, 2.45) is 0 Å². The van der Waals surface area contributed by atoms with Crippen molar-refractivity contribution >= 4 is 0 Å². The molecule has 0 atom stereocenters. The molecule has 3 aromatic carbocycles. The van der Waals surface area contributed by atoms with Crippen LogP contribution in [0.3, 0.4) is 0 Å². The highest BCUT2D eigenvalue weighted by atomic mass is 19.4. The average Bonchev–Trinajstić information content (AvgIpc) is 2.77. The van der Waals surface area contributed by atoms with Crippen LogP contribution in [0.2, 0.25) is 0 Å². The smallest absolute Gasteiger partial charge is 0.496 e. The summed E-state index contributed by atoms with van der Waals surface area (Å²) in [5.74, 6) is -1.50. The van der Waals surface area contributed by atoms with Crippen molar-refractivity contribution in [2.45, 2.75) is 12.5 Å². The highest BCUT2D eigenvalue weighted by Gasteiger charge is 2.38. The summed E-state index contributed by atoms with van der Waals surface area (Å²) in [7, 11) is 4.17. The zero-order valence-corrected chi connectivity index (χ0v) is 18.0. The van der Waals surface area contributed by atoms with Gasteiger partial charge in [-0.25, -0.2) is 4.39 Å². The molecular weight excluding hydrogens is 470 g/mol. The SMILES string of the molecule is COc1cc(OC)c(-c2ccc(C(F)(F)Oc3ccc(OC(F)(F)F)cc3)c(F)c2)c(OC)c1. The summed E-state index contributed by atoms with van der Waals surface area (Å²) >= 11 is 0. The minimum atomic E-state index is -4.94. The topological polar surface area (TPSA) is 46.2 Å². The Morgan fingerprint density at radius 1 is 0.618 bits per heavy atom. The van der Waals surface area contributed by atoms with Gasteiger partial charge in [-0.15, -0.1) is 13.2 Å². The molecule has 0 fully saturated rings. The van der Waals surface area contributed by atoms with Gasteiger partial charge in [0.15, 0.2) is 0 Å². The summed E-state index contributed by atoms with van der Waals surface area (Å²) in [6.07, 6.45) is -9.07. The number of halogens is 6. The Balaban J connectivity index is 1.90. The summed E-state index contributed by atoms with van der Waals surface area (Å²) < 4.78 is 105. The van der Waals surface area contributed by atoms with Gasteiger partial charge in [-0.05, 0) is 42.0 Å². The lowest BCUT2D eigenvalue weighted by atomic mass is 10.0. The summed E-state index contributed by atoms with van der Waals surface area (Å²) in [6.45, 7) is 0. The van der Waals surface area contributed by atoms with Crippen LogP contribution in [0.4, 0.5) is 26.3 Å².